The first-order valence-electron chi connectivity index (χ1n) is 13.2. The van der Waals surface area contributed by atoms with Gasteiger partial charge in [0, 0.05) is 18.5 Å². The number of imide groups is 1. The third-order valence-corrected chi connectivity index (χ3v) is 8.14. The highest BCUT2D eigenvalue weighted by Crippen LogP contribution is 2.37. The zero-order chi connectivity index (χ0) is 25.4. The third-order valence-electron chi connectivity index (χ3n) is 8.14. The molecular weight excluding hydrogens is 462 g/mol. The predicted octanol–water partition coefficient (Wildman–Crippen LogP) is 4.42. The van der Waals surface area contributed by atoms with Crippen LogP contribution >= 0.6 is 0 Å². The van der Waals surface area contributed by atoms with Crippen LogP contribution in [-0.4, -0.2) is 46.7 Å². The number of piperidine rings is 2. The molecule has 37 heavy (non-hydrogen) atoms. The normalized spacial score (nSPS) is 20.8. The summed E-state index contributed by atoms with van der Waals surface area (Å²) in [5, 5.41) is 2.38. The number of nitrogens with one attached hydrogen (secondary N) is 1. The first-order valence-corrected chi connectivity index (χ1v) is 13.2. The van der Waals surface area contributed by atoms with E-state index in [-0.39, 0.29) is 30.2 Å². The molecule has 3 aliphatic heterocycles. The van der Waals surface area contributed by atoms with Crippen molar-refractivity contribution in [3.05, 3.63) is 107 Å². The van der Waals surface area contributed by atoms with Crippen molar-refractivity contribution < 1.29 is 14.4 Å². The second-order valence-corrected chi connectivity index (χ2v) is 10.4. The molecule has 0 radical (unpaired) electrons. The van der Waals surface area contributed by atoms with E-state index in [1.807, 2.05) is 6.07 Å². The van der Waals surface area contributed by atoms with Crippen molar-refractivity contribution in [2.75, 3.05) is 13.1 Å². The van der Waals surface area contributed by atoms with Crippen LogP contribution < -0.4 is 5.32 Å². The Balaban J connectivity index is 1.16. The molecule has 1 atom stereocenters. The molecule has 2 fully saturated rings. The van der Waals surface area contributed by atoms with Gasteiger partial charge in [0.25, 0.3) is 5.91 Å². The van der Waals surface area contributed by atoms with E-state index in [2.05, 4.69) is 83.0 Å². The second-order valence-electron chi connectivity index (χ2n) is 10.4. The van der Waals surface area contributed by atoms with Crippen LogP contribution in [0.1, 0.15) is 70.3 Å². The quantitative estimate of drug-likeness (QED) is 0.535. The van der Waals surface area contributed by atoms with Gasteiger partial charge in [-0.15, -0.1) is 0 Å². The number of rotatable bonds is 5. The van der Waals surface area contributed by atoms with Crippen LogP contribution in [0, 0.1) is 0 Å². The molecule has 0 aromatic heterocycles. The molecule has 0 spiro atoms. The monoisotopic (exact) mass is 493 g/mol. The van der Waals surface area contributed by atoms with Crippen LogP contribution in [0.4, 0.5) is 0 Å². The lowest BCUT2D eigenvalue weighted by Gasteiger charge is -2.38. The number of carbonyl (C=O) groups is 3. The molecule has 3 aromatic carbocycles. The summed E-state index contributed by atoms with van der Waals surface area (Å²) in [6.07, 6.45) is 2.77. The maximum absolute atomic E-state index is 13.1. The molecule has 3 heterocycles. The number of hydrogen-bond donors (Lipinski definition) is 1. The van der Waals surface area contributed by atoms with Gasteiger partial charge in [-0.05, 0) is 66.6 Å². The van der Waals surface area contributed by atoms with E-state index in [1.54, 1.807) is 4.90 Å². The van der Waals surface area contributed by atoms with Gasteiger partial charge >= 0.3 is 0 Å². The lowest BCUT2D eigenvalue weighted by atomic mass is 9.86. The van der Waals surface area contributed by atoms with Gasteiger partial charge in [-0.2, -0.15) is 0 Å². The van der Waals surface area contributed by atoms with Gasteiger partial charge in [-0.1, -0.05) is 72.8 Å². The molecule has 3 aliphatic rings. The van der Waals surface area contributed by atoms with Gasteiger partial charge in [0.1, 0.15) is 6.04 Å². The summed E-state index contributed by atoms with van der Waals surface area (Å²) in [5.41, 5.74) is 5.57. The summed E-state index contributed by atoms with van der Waals surface area (Å²) >= 11 is 0. The highest BCUT2D eigenvalue weighted by atomic mass is 16.2. The van der Waals surface area contributed by atoms with Crippen LogP contribution in [0.25, 0.3) is 0 Å². The molecule has 1 unspecified atom stereocenters. The number of benzene rings is 3. The number of carbonyl (C=O) groups excluding carboxylic acids is 3. The van der Waals surface area contributed by atoms with Crippen LogP contribution in [0.15, 0.2) is 78.9 Å². The molecule has 0 aliphatic carbocycles. The Morgan fingerprint density at radius 3 is 2.05 bits per heavy atom. The number of amides is 3. The average Bonchev–Trinajstić information content (AvgIpc) is 3.26. The van der Waals surface area contributed by atoms with Gasteiger partial charge < -0.3 is 4.90 Å². The molecule has 188 valence electrons. The van der Waals surface area contributed by atoms with Crippen LogP contribution in [0.3, 0.4) is 0 Å². The van der Waals surface area contributed by atoms with Gasteiger partial charge in [0.15, 0.2) is 0 Å². The fourth-order valence-corrected chi connectivity index (χ4v) is 6.22. The maximum Gasteiger partial charge on any atom is 0.255 e. The Hall–Kier alpha value is -3.77. The molecule has 2 saturated heterocycles. The molecule has 6 heteroatoms. The van der Waals surface area contributed by atoms with E-state index in [4.69, 9.17) is 0 Å². The van der Waals surface area contributed by atoms with Crippen molar-refractivity contribution >= 4 is 17.7 Å². The summed E-state index contributed by atoms with van der Waals surface area (Å²) in [7, 11) is 0. The van der Waals surface area contributed by atoms with Gasteiger partial charge in [-0.3, -0.25) is 24.6 Å². The zero-order valence-corrected chi connectivity index (χ0v) is 20.8. The lowest BCUT2D eigenvalue weighted by molar-refractivity contribution is -0.136. The van der Waals surface area contributed by atoms with E-state index in [1.165, 1.54) is 16.7 Å². The molecule has 0 saturated carbocycles. The Kier molecular flexibility index (Phi) is 6.35. The number of hydrogen-bond acceptors (Lipinski definition) is 4. The molecule has 0 bridgehead atoms. The predicted molar refractivity (Wildman–Crippen MR) is 141 cm³/mol. The highest BCUT2D eigenvalue weighted by Gasteiger charge is 2.39. The molecule has 3 amide bonds. The molecule has 3 aromatic rings. The molecule has 1 N–H and O–H groups in total. The van der Waals surface area contributed by atoms with Gasteiger partial charge in [-0.25, -0.2) is 0 Å². The van der Waals surface area contributed by atoms with E-state index in [0.29, 0.717) is 24.4 Å². The van der Waals surface area contributed by atoms with Crippen molar-refractivity contribution in [1.82, 2.24) is 15.1 Å². The van der Waals surface area contributed by atoms with Crippen molar-refractivity contribution in [1.29, 1.82) is 0 Å². The Morgan fingerprint density at radius 2 is 1.43 bits per heavy atom. The van der Waals surface area contributed by atoms with Crippen LogP contribution in [0.5, 0.6) is 0 Å². The summed E-state index contributed by atoms with van der Waals surface area (Å²) in [4.78, 5) is 41.2. The highest BCUT2D eigenvalue weighted by molar-refractivity contribution is 6.05. The minimum Gasteiger partial charge on any atom is -0.322 e. The van der Waals surface area contributed by atoms with Crippen molar-refractivity contribution in [3.8, 4) is 0 Å². The SMILES string of the molecule is O=C1CCC(N2Cc3cc(C4CCN(C(c5ccccc5)c5ccccc5)CC4)ccc3C2=O)C(=O)N1. The van der Waals surface area contributed by atoms with E-state index in [9.17, 15) is 14.4 Å². The van der Waals surface area contributed by atoms with Crippen molar-refractivity contribution in [3.63, 3.8) is 0 Å². The zero-order valence-electron chi connectivity index (χ0n) is 20.8. The summed E-state index contributed by atoms with van der Waals surface area (Å²) in [5.74, 6) is -0.301. The Labute approximate surface area is 217 Å². The van der Waals surface area contributed by atoms with E-state index < -0.39 is 6.04 Å². The fourth-order valence-electron chi connectivity index (χ4n) is 6.22. The third kappa shape index (κ3) is 4.58. The number of nitrogens with zero attached hydrogens (tertiary/aromatic N) is 2. The standard InChI is InChI=1S/C31H31N3O3/c35-28-14-13-27(30(36)32-28)34-20-25-19-24(11-12-26(25)31(34)37)21-15-17-33(18-16-21)29(22-7-3-1-4-8-22)23-9-5-2-6-10-23/h1-12,19,21,27,29H,13-18,20H2,(H,32,35,36). The fraction of sp³-hybridized carbons (Fsp3) is 0.323. The number of likely N-dealkylation sites (tertiary alicyclic amines) is 1. The smallest absolute Gasteiger partial charge is 0.255 e. The Bertz CT molecular complexity index is 1280. The van der Waals surface area contributed by atoms with Gasteiger partial charge in [0.05, 0.1) is 6.04 Å². The van der Waals surface area contributed by atoms with Crippen molar-refractivity contribution in [2.45, 2.75) is 50.2 Å². The maximum atomic E-state index is 13.1. The van der Waals surface area contributed by atoms with Crippen LogP contribution in [0.2, 0.25) is 0 Å². The van der Waals surface area contributed by atoms with Crippen molar-refractivity contribution in [2.24, 2.45) is 0 Å². The largest absolute Gasteiger partial charge is 0.322 e. The Morgan fingerprint density at radius 1 is 0.784 bits per heavy atom. The minimum absolute atomic E-state index is 0.112. The second kappa shape index (κ2) is 9.94. The summed E-state index contributed by atoms with van der Waals surface area (Å²) in [6.45, 7) is 2.42. The van der Waals surface area contributed by atoms with E-state index >= 15 is 0 Å². The first kappa shape index (κ1) is 23.6. The molecule has 6 rings (SSSR count). The summed E-state index contributed by atoms with van der Waals surface area (Å²) in [6, 6.07) is 27.3. The average molecular weight is 494 g/mol. The first-order chi connectivity index (χ1) is 18.1. The lowest BCUT2D eigenvalue weighted by Crippen LogP contribution is -2.52. The van der Waals surface area contributed by atoms with Gasteiger partial charge in [0.2, 0.25) is 11.8 Å². The molecule has 6 nitrogen and oxygen atoms in total. The molecular formula is C31H31N3O3. The van der Waals surface area contributed by atoms with Crippen LogP contribution in [-0.2, 0) is 16.1 Å². The minimum atomic E-state index is -0.572. The summed E-state index contributed by atoms with van der Waals surface area (Å²) < 4.78 is 0. The number of fused-ring (bicyclic) bond motifs is 1. The topological polar surface area (TPSA) is 69.7 Å². The van der Waals surface area contributed by atoms with E-state index in [0.717, 1.165) is 31.5 Å².